The van der Waals surface area contributed by atoms with Crippen molar-refractivity contribution in [1.29, 1.82) is 0 Å². The van der Waals surface area contributed by atoms with E-state index in [0.29, 0.717) is 13.0 Å². The number of carbonyl (C=O) groups excluding carboxylic acids is 2. The molecule has 0 aromatic carbocycles. The van der Waals surface area contributed by atoms with Crippen molar-refractivity contribution in [2.45, 2.75) is 53.0 Å². The minimum Gasteiger partial charge on any atom is -0.466 e. The van der Waals surface area contributed by atoms with E-state index >= 15 is 0 Å². The van der Waals surface area contributed by atoms with Crippen molar-refractivity contribution in [3.63, 3.8) is 0 Å². The van der Waals surface area contributed by atoms with Gasteiger partial charge in [0.15, 0.2) is 0 Å². The molecule has 0 saturated carbocycles. The van der Waals surface area contributed by atoms with Gasteiger partial charge in [0.05, 0.1) is 13.0 Å². The molecule has 1 atom stereocenters. The number of hydrogen-bond acceptors (Lipinski definition) is 3. The zero-order chi connectivity index (χ0) is 12.6. The van der Waals surface area contributed by atoms with Gasteiger partial charge >= 0.3 is 5.97 Å². The van der Waals surface area contributed by atoms with Crippen molar-refractivity contribution in [2.75, 3.05) is 6.61 Å². The molecule has 16 heavy (non-hydrogen) atoms. The van der Waals surface area contributed by atoms with E-state index in [1.165, 1.54) is 0 Å². The fraction of sp³-hybridized carbons (Fsp3) is 0.833. The van der Waals surface area contributed by atoms with Crippen LogP contribution in [0.2, 0.25) is 0 Å². The minimum absolute atomic E-state index is 0.00509. The smallest absolute Gasteiger partial charge is 0.307 e. The molecule has 0 aliphatic heterocycles. The molecule has 4 nitrogen and oxygen atoms in total. The molecule has 0 aliphatic carbocycles. The Hall–Kier alpha value is -1.06. The van der Waals surface area contributed by atoms with Crippen LogP contribution >= 0.6 is 0 Å². The summed E-state index contributed by atoms with van der Waals surface area (Å²) in [7, 11) is 0. The number of hydrogen-bond donors (Lipinski definition) is 1. The summed E-state index contributed by atoms with van der Waals surface area (Å²) < 4.78 is 4.87. The highest BCUT2D eigenvalue weighted by molar-refractivity contribution is 5.77. The molecule has 0 radical (unpaired) electrons. The Morgan fingerprint density at radius 2 is 1.88 bits per heavy atom. The molecule has 1 amide bonds. The van der Waals surface area contributed by atoms with Gasteiger partial charge in [0.1, 0.15) is 0 Å². The third kappa shape index (κ3) is 6.43. The maximum absolute atomic E-state index is 11.4. The maximum atomic E-state index is 11.4. The fourth-order valence-corrected chi connectivity index (χ4v) is 1.36. The standard InChI is InChI=1S/C12H23NO3/c1-5-7-11(14)13-10(9(3)4)8-12(15)16-6-2/h9-10H,5-8H2,1-4H3,(H,13,14)/t10-/m0/s1. The quantitative estimate of drug-likeness (QED) is 0.678. The van der Waals surface area contributed by atoms with Gasteiger partial charge in [-0.2, -0.15) is 0 Å². The van der Waals surface area contributed by atoms with Gasteiger partial charge in [0, 0.05) is 12.5 Å². The zero-order valence-corrected chi connectivity index (χ0v) is 10.7. The minimum atomic E-state index is -0.252. The van der Waals surface area contributed by atoms with Crippen LogP contribution in [0.4, 0.5) is 0 Å². The molecule has 0 bridgehead atoms. The molecule has 0 unspecified atom stereocenters. The number of ether oxygens (including phenoxy) is 1. The van der Waals surface area contributed by atoms with Gasteiger partial charge < -0.3 is 10.1 Å². The molecule has 0 rings (SSSR count). The highest BCUT2D eigenvalue weighted by Crippen LogP contribution is 2.08. The summed E-state index contributed by atoms with van der Waals surface area (Å²) in [4.78, 5) is 22.8. The lowest BCUT2D eigenvalue weighted by molar-refractivity contribution is -0.144. The van der Waals surface area contributed by atoms with Crippen LogP contribution in [0.25, 0.3) is 0 Å². The number of nitrogens with one attached hydrogen (secondary N) is 1. The van der Waals surface area contributed by atoms with Crippen LogP contribution in [0.5, 0.6) is 0 Å². The first-order valence-electron chi connectivity index (χ1n) is 5.96. The topological polar surface area (TPSA) is 55.4 Å². The van der Waals surface area contributed by atoms with Crippen molar-refractivity contribution in [3.05, 3.63) is 0 Å². The van der Waals surface area contributed by atoms with E-state index in [4.69, 9.17) is 4.74 Å². The van der Waals surface area contributed by atoms with Gasteiger partial charge in [-0.25, -0.2) is 0 Å². The van der Waals surface area contributed by atoms with E-state index in [0.717, 1.165) is 6.42 Å². The summed E-state index contributed by atoms with van der Waals surface area (Å²) in [5.41, 5.74) is 0. The Morgan fingerprint density at radius 3 is 2.31 bits per heavy atom. The second-order valence-corrected chi connectivity index (χ2v) is 4.18. The molecule has 0 aliphatic rings. The monoisotopic (exact) mass is 229 g/mol. The van der Waals surface area contributed by atoms with E-state index in [2.05, 4.69) is 5.32 Å². The largest absolute Gasteiger partial charge is 0.466 e. The fourth-order valence-electron chi connectivity index (χ4n) is 1.36. The van der Waals surface area contributed by atoms with E-state index in [9.17, 15) is 9.59 Å². The van der Waals surface area contributed by atoms with Crippen molar-refractivity contribution >= 4 is 11.9 Å². The average Bonchev–Trinajstić information content (AvgIpc) is 2.17. The Morgan fingerprint density at radius 1 is 1.25 bits per heavy atom. The van der Waals surface area contributed by atoms with Crippen LogP contribution in [0.1, 0.15) is 47.0 Å². The molecule has 1 N–H and O–H groups in total. The number of amides is 1. The molecule has 0 aromatic heterocycles. The number of carbonyl (C=O) groups is 2. The molecule has 0 aromatic rings. The second kappa shape index (κ2) is 8.13. The first kappa shape index (κ1) is 14.9. The summed E-state index contributed by atoms with van der Waals surface area (Å²) in [5.74, 6) is -0.0197. The summed E-state index contributed by atoms with van der Waals surface area (Å²) >= 11 is 0. The SMILES string of the molecule is CCCC(=O)N[C@@H](CC(=O)OCC)C(C)C. The van der Waals surface area contributed by atoms with Gasteiger partial charge in [-0.3, -0.25) is 9.59 Å². The lowest BCUT2D eigenvalue weighted by atomic mass is 10.0. The van der Waals surface area contributed by atoms with Crippen molar-refractivity contribution < 1.29 is 14.3 Å². The predicted molar refractivity (Wildman–Crippen MR) is 62.9 cm³/mol. The highest BCUT2D eigenvalue weighted by atomic mass is 16.5. The Kier molecular flexibility index (Phi) is 7.60. The normalized spacial score (nSPS) is 12.3. The van der Waals surface area contributed by atoms with Crippen LogP contribution in [-0.4, -0.2) is 24.5 Å². The van der Waals surface area contributed by atoms with Crippen LogP contribution in [-0.2, 0) is 14.3 Å². The number of esters is 1. The molecule has 94 valence electrons. The molecule has 0 fully saturated rings. The van der Waals surface area contributed by atoms with Gasteiger partial charge in [-0.1, -0.05) is 20.8 Å². The maximum Gasteiger partial charge on any atom is 0.307 e. The van der Waals surface area contributed by atoms with Crippen LogP contribution in [0.3, 0.4) is 0 Å². The first-order valence-corrected chi connectivity index (χ1v) is 5.96. The van der Waals surface area contributed by atoms with E-state index in [1.54, 1.807) is 6.92 Å². The van der Waals surface area contributed by atoms with E-state index in [1.807, 2.05) is 20.8 Å². The third-order valence-electron chi connectivity index (χ3n) is 2.32. The predicted octanol–water partition coefficient (Wildman–Crippen LogP) is 1.88. The van der Waals surface area contributed by atoms with Gasteiger partial charge in [0.2, 0.25) is 5.91 Å². The van der Waals surface area contributed by atoms with Crippen LogP contribution < -0.4 is 5.32 Å². The van der Waals surface area contributed by atoms with Gasteiger partial charge in [-0.05, 0) is 19.3 Å². The molecular formula is C12H23NO3. The lowest BCUT2D eigenvalue weighted by Crippen LogP contribution is -2.40. The number of rotatable bonds is 7. The highest BCUT2D eigenvalue weighted by Gasteiger charge is 2.19. The zero-order valence-electron chi connectivity index (χ0n) is 10.7. The summed E-state index contributed by atoms with van der Waals surface area (Å²) in [6.45, 7) is 8.08. The third-order valence-corrected chi connectivity index (χ3v) is 2.32. The molecule has 0 saturated heterocycles. The molecule has 4 heteroatoms. The van der Waals surface area contributed by atoms with E-state index in [-0.39, 0.29) is 30.3 Å². The molecule has 0 spiro atoms. The molecular weight excluding hydrogens is 206 g/mol. The molecule has 0 heterocycles. The van der Waals surface area contributed by atoms with E-state index < -0.39 is 0 Å². The summed E-state index contributed by atoms with van der Waals surface area (Å²) in [6, 6.07) is -0.127. The van der Waals surface area contributed by atoms with Gasteiger partial charge in [0.25, 0.3) is 0 Å². The Balaban J connectivity index is 4.17. The van der Waals surface area contributed by atoms with Crippen molar-refractivity contribution in [1.82, 2.24) is 5.32 Å². The lowest BCUT2D eigenvalue weighted by Gasteiger charge is -2.21. The Bertz CT molecular complexity index is 206. The first-order chi connectivity index (χ1) is 7.51. The van der Waals surface area contributed by atoms with Gasteiger partial charge in [-0.15, -0.1) is 0 Å². The average molecular weight is 229 g/mol. The second-order valence-electron chi connectivity index (χ2n) is 4.18. The summed E-state index contributed by atoms with van der Waals surface area (Å²) in [5, 5.41) is 2.87. The summed E-state index contributed by atoms with van der Waals surface area (Å²) in [6.07, 6.45) is 1.57. The van der Waals surface area contributed by atoms with Crippen molar-refractivity contribution in [3.8, 4) is 0 Å². The van der Waals surface area contributed by atoms with Crippen LogP contribution in [0, 0.1) is 5.92 Å². The van der Waals surface area contributed by atoms with Crippen LogP contribution in [0.15, 0.2) is 0 Å². The Labute approximate surface area is 97.7 Å². The van der Waals surface area contributed by atoms with Crippen molar-refractivity contribution in [2.24, 2.45) is 5.92 Å².